The number of carbonyl (C=O) groups excluding carboxylic acids is 1. The first kappa shape index (κ1) is 14.5. The second-order valence-electron chi connectivity index (χ2n) is 5.60. The summed E-state index contributed by atoms with van der Waals surface area (Å²) in [6.45, 7) is 10.8. The summed E-state index contributed by atoms with van der Waals surface area (Å²) in [5, 5.41) is 3.32. The van der Waals surface area contributed by atoms with Crippen LogP contribution in [-0.2, 0) is 4.79 Å². The van der Waals surface area contributed by atoms with Crippen molar-refractivity contribution in [2.45, 2.75) is 33.2 Å². The van der Waals surface area contributed by atoms with Crippen molar-refractivity contribution < 1.29 is 4.79 Å². The van der Waals surface area contributed by atoms with Gasteiger partial charge in [0.05, 0.1) is 6.54 Å². The zero-order valence-electron chi connectivity index (χ0n) is 11.7. The Morgan fingerprint density at radius 1 is 1.18 bits per heavy atom. The Morgan fingerprint density at radius 2 is 1.76 bits per heavy atom. The quantitative estimate of drug-likeness (QED) is 0.773. The molecule has 1 fully saturated rings. The van der Waals surface area contributed by atoms with E-state index in [4.69, 9.17) is 0 Å². The molecular formula is C13H27N3O. The van der Waals surface area contributed by atoms with Gasteiger partial charge in [0.15, 0.2) is 0 Å². The predicted octanol–water partition coefficient (Wildman–Crippen LogP) is 0.785. The Balaban J connectivity index is 2.20. The molecule has 0 aromatic heterocycles. The van der Waals surface area contributed by atoms with Gasteiger partial charge in [-0.3, -0.25) is 4.79 Å². The summed E-state index contributed by atoms with van der Waals surface area (Å²) < 4.78 is 0. The van der Waals surface area contributed by atoms with Crippen molar-refractivity contribution in [1.82, 2.24) is 15.1 Å². The van der Waals surface area contributed by atoms with Crippen LogP contribution in [0.15, 0.2) is 0 Å². The standard InChI is InChI=1S/C13H27N3O/c1-11(2)9-12(3)14-10-13(17)16-7-5-15(4)6-8-16/h11-12,14H,5-10H2,1-4H3. The van der Waals surface area contributed by atoms with E-state index in [9.17, 15) is 4.79 Å². The summed E-state index contributed by atoms with van der Waals surface area (Å²) in [7, 11) is 2.10. The maximum absolute atomic E-state index is 11.9. The van der Waals surface area contributed by atoms with Crippen LogP contribution in [0.25, 0.3) is 0 Å². The van der Waals surface area contributed by atoms with E-state index in [0.717, 1.165) is 32.6 Å². The summed E-state index contributed by atoms with van der Waals surface area (Å²) in [4.78, 5) is 16.2. The van der Waals surface area contributed by atoms with Crippen LogP contribution in [0.3, 0.4) is 0 Å². The maximum atomic E-state index is 11.9. The van der Waals surface area contributed by atoms with E-state index in [1.807, 2.05) is 4.90 Å². The van der Waals surface area contributed by atoms with Gasteiger partial charge in [0.1, 0.15) is 0 Å². The van der Waals surface area contributed by atoms with Crippen molar-refractivity contribution in [3.05, 3.63) is 0 Å². The van der Waals surface area contributed by atoms with E-state index in [0.29, 0.717) is 18.5 Å². The molecular weight excluding hydrogens is 214 g/mol. The van der Waals surface area contributed by atoms with E-state index < -0.39 is 0 Å². The highest BCUT2D eigenvalue weighted by Crippen LogP contribution is 2.04. The lowest BCUT2D eigenvalue weighted by molar-refractivity contribution is -0.131. The molecule has 0 spiro atoms. The first-order valence-electron chi connectivity index (χ1n) is 6.68. The van der Waals surface area contributed by atoms with Crippen LogP contribution in [0.4, 0.5) is 0 Å². The third kappa shape index (κ3) is 5.50. The van der Waals surface area contributed by atoms with E-state index in [2.05, 4.69) is 38.0 Å². The second kappa shape index (κ2) is 6.97. The summed E-state index contributed by atoms with van der Waals surface area (Å²) in [5.74, 6) is 0.921. The molecule has 1 amide bonds. The van der Waals surface area contributed by atoms with Gasteiger partial charge in [-0.1, -0.05) is 13.8 Å². The van der Waals surface area contributed by atoms with Gasteiger partial charge in [0.2, 0.25) is 5.91 Å². The Bertz CT molecular complexity index is 235. The lowest BCUT2D eigenvalue weighted by atomic mass is 10.1. The smallest absolute Gasteiger partial charge is 0.236 e. The molecule has 1 saturated heterocycles. The third-order valence-corrected chi connectivity index (χ3v) is 3.28. The molecule has 4 heteroatoms. The lowest BCUT2D eigenvalue weighted by Gasteiger charge is -2.32. The van der Waals surface area contributed by atoms with E-state index >= 15 is 0 Å². The van der Waals surface area contributed by atoms with Gasteiger partial charge >= 0.3 is 0 Å². The Labute approximate surface area is 105 Å². The van der Waals surface area contributed by atoms with Crippen molar-refractivity contribution in [3.63, 3.8) is 0 Å². The monoisotopic (exact) mass is 241 g/mol. The van der Waals surface area contributed by atoms with Gasteiger partial charge in [-0.25, -0.2) is 0 Å². The average Bonchev–Trinajstić information content (AvgIpc) is 2.26. The number of nitrogens with zero attached hydrogens (tertiary/aromatic N) is 2. The minimum absolute atomic E-state index is 0.244. The Kier molecular flexibility index (Phi) is 5.92. The van der Waals surface area contributed by atoms with Gasteiger partial charge in [0, 0.05) is 32.2 Å². The Hall–Kier alpha value is -0.610. The molecule has 4 nitrogen and oxygen atoms in total. The molecule has 1 atom stereocenters. The predicted molar refractivity (Wildman–Crippen MR) is 71.0 cm³/mol. The number of amides is 1. The summed E-state index contributed by atoms with van der Waals surface area (Å²) in [6, 6.07) is 0.423. The number of piperazine rings is 1. The number of rotatable bonds is 5. The van der Waals surface area contributed by atoms with Gasteiger partial charge in [-0.2, -0.15) is 0 Å². The molecule has 17 heavy (non-hydrogen) atoms. The molecule has 1 N–H and O–H groups in total. The van der Waals surface area contributed by atoms with E-state index in [1.54, 1.807) is 0 Å². The maximum Gasteiger partial charge on any atom is 0.236 e. The molecule has 0 aromatic carbocycles. The van der Waals surface area contributed by atoms with Gasteiger partial charge in [0.25, 0.3) is 0 Å². The number of hydrogen-bond acceptors (Lipinski definition) is 3. The van der Waals surface area contributed by atoms with Gasteiger partial charge in [-0.05, 0) is 26.3 Å². The number of hydrogen-bond donors (Lipinski definition) is 1. The Morgan fingerprint density at radius 3 is 2.29 bits per heavy atom. The molecule has 0 radical (unpaired) electrons. The van der Waals surface area contributed by atoms with Crippen LogP contribution in [0.5, 0.6) is 0 Å². The third-order valence-electron chi connectivity index (χ3n) is 3.28. The van der Waals surface area contributed by atoms with Gasteiger partial charge < -0.3 is 15.1 Å². The van der Waals surface area contributed by atoms with Crippen LogP contribution < -0.4 is 5.32 Å². The van der Waals surface area contributed by atoms with Crippen LogP contribution in [-0.4, -0.2) is 61.5 Å². The molecule has 1 rings (SSSR count). The van der Waals surface area contributed by atoms with Crippen molar-refractivity contribution in [3.8, 4) is 0 Å². The van der Waals surface area contributed by atoms with Crippen LogP contribution in [0, 0.1) is 5.92 Å². The van der Waals surface area contributed by atoms with Crippen molar-refractivity contribution in [1.29, 1.82) is 0 Å². The van der Waals surface area contributed by atoms with Crippen LogP contribution in [0.2, 0.25) is 0 Å². The molecule has 1 aliphatic rings. The van der Waals surface area contributed by atoms with Gasteiger partial charge in [-0.15, -0.1) is 0 Å². The molecule has 100 valence electrons. The molecule has 0 aromatic rings. The number of nitrogens with one attached hydrogen (secondary N) is 1. The second-order valence-corrected chi connectivity index (χ2v) is 5.60. The van der Waals surface area contributed by atoms with Crippen molar-refractivity contribution in [2.75, 3.05) is 39.8 Å². The normalized spacial score (nSPS) is 19.7. The van der Waals surface area contributed by atoms with E-state index in [1.165, 1.54) is 0 Å². The molecule has 1 aliphatic heterocycles. The van der Waals surface area contributed by atoms with Crippen molar-refractivity contribution in [2.24, 2.45) is 5.92 Å². The van der Waals surface area contributed by atoms with E-state index in [-0.39, 0.29) is 5.91 Å². The van der Waals surface area contributed by atoms with Crippen LogP contribution in [0.1, 0.15) is 27.2 Å². The summed E-state index contributed by atoms with van der Waals surface area (Å²) in [5.41, 5.74) is 0. The lowest BCUT2D eigenvalue weighted by Crippen LogP contribution is -2.50. The fraction of sp³-hybridized carbons (Fsp3) is 0.923. The first-order valence-corrected chi connectivity index (χ1v) is 6.68. The average molecular weight is 241 g/mol. The van der Waals surface area contributed by atoms with Crippen LogP contribution >= 0.6 is 0 Å². The summed E-state index contributed by atoms with van der Waals surface area (Å²) in [6.07, 6.45) is 1.12. The highest BCUT2D eigenvalue weighted by Gasteiger charge is 2.19. The fourth-order valence-corrected chi connectivity index (χ4v) is 2.22. The largest absolute Gasteiger partial charge is 0.339 e. The number of carbonyl (C=O) groups is 1. The van der Waals surface area contributed by atoms with Crippen molar-refractivity contribution >= 4 is 5.91 Å². The molecule has 1 unspecified atom stereocenters. The zero-order chi connectivity index (χ0) is 12.8. The SMILES string of the molecule is CC(C)CC(C)NCC(=O)N1CCN(C)CC1. The number of likely N-dealkylation sites (N-methyl/N-ethyl adjacent to an activating group) is 1. The topological polar surface area (TPSA) is 35.6 Å². The fourth-order valence-electron chi connectivity index (χ4n) is 2.22. The first-order chi connectivity index (χ1) is 7.99. The minimum atomic E-state index is 0.244. The summed E-state index contributed by atoms with van der Waals surface area (Å²) >= 11 is 0. The highest BCUT2D eigenvalue weighted by molar-refractivity contribution is 5.78. The highest BCUT2D eigenvalue weighted by atomic mass is 16.2. The molecule has 0 aliphatic carbocycles. The molecule has 1 heterocycles. The molecule has 0 saturated carbocycles. The minimum Gasteiger partial charge on any atom is -0.339 e. The molecule has 0 bridgehead atoms. The zero-order valence-corrected chi connectivity index (χ0v) is 11.7.